The summed E-state index contributed by atoms with van der Waals surface area (Å²) in [5.74, 6) is 4.31. The first-order chi connectivity index (χ1) is 12.8. The van der Waals surface area contributed by atoms with Gasteiger partial charge in [0.05, 0.1) is 17.1 Å². The average Bonchev–Trinajstić information content (AvgIpc) is 3.32. The summed E-state index contributed by atoms with van der Waals surface area (Å²) in [6.45, 7) is 12.4. The molecule has 0 fully saturated rings. The lowest BCUT2D eigenvalue weighted by Gasteiger charge is -2.06. The lowest BCUT2D eigenvalue weighted by molar-refractivity contribution is 0.353. The molecule has 146 valence electrons. The Balaban J connectivity index is 1.56. The lowest BCUT2D eigenvalue weighted by Crippen LogP contribution is -1.98. The molecule has 0 aromatic carbocycles. The van der Waals surface area contributed by atoms with Crippen molar-refractivity contribution in [3.8, 4) is 0 Å². The van der Waals surface area contributed by atoms with Crippen LogP contribution in [0.25, 0.3) is 0 Å². The third-order valence-electron chi connectivity index (χ3n) is 4.97. The predicted octanol–water partition coefficient (Wildman–Crippen LogP) is 5.47. The lowest BCUT2D eigenvalue weighted by atomic mass is 9.98. The van der Waals surface area contributed by atoms with Crippen LogP contribution >= 0.6 is 0 Å². The fourth-order valence-electron chi connectivity index (χ4n) is 3.28. The van der Waals surface area contributed by atoms with E-state index in [2.05, 4.69) is 55.1 Å². The highest BCUT2D eigenvalue weighted by Crippen LogP contribution is 2.27. The van der Waals surface area contributed by atoms with Crippen molar-refractivity contribution in [2.45, 2.75) is 78.6 Å². The SMILES string of the molecule is Cc1nc(C)c(C(C)Cc2cc(C(C)CCc3cc(C(C)C)no3)no2)o1. The van der Waals surface area contributed by atoms with Crippen LogP contribution in [-0.4, -0.2) is 15.3 Å². The van der Waals surface area contributed by atoms with E-state index in [0.29, 0.717) is 17.7 Å². The van der Waals surface area contributed by atoms with Crippen LogP contribution in [0.15, 0.2) is 25.6 Å². The first-order valence-electron chi connectivity index (χ1n) is 9.68. The summed E-state index contributed by atoms with van der Waals surface area (Å²) >= 11 is 0. The highest BCUT2D eigenvalue weighted by Gasteiger charge is 2.19. The van der Waals surface area contributed by atoms with Crippen LogP contribution in [0.2, 0.25) is 0 Å². The maximum atomic E-state index is 5.72. The summed E-state index contributed by atoms with van der Waals surface area (Å²) in [6.07, 6.45) is 2.53. The van der Waals surface area contributed by atoms with Crippen molar-refractivity contribution in [1.29, 1.82) is 0 Å². The number of rotatable bonds is 8. The standard InChI is InChI=1S/C21H29N3O3/c1-12(2)19-10-17(26-23-19)8-7-13(3)20-11-18(27-24-20)9-14(4)21-15(5)22-16(6)25-21/h10-14H,7-9H2,1-6H3. The molecule has 0 saturated carbocycles. The molecular formula is C21H29N3O3. The van der Waals surface area contributed by atoms with E-state index in [1.54, 1.807) is 0 Å². The molecule has 2 unspecified atom stereocenters. The minimum atomic E-state index is 0.200. The topological polar surface area (TPSA) is 78.1 Å². The third kappa shape index (κ3) is 4.67. The largest absolute Gasteiger partial charge is 0.445 e. The van der Waals surface area contributed by atoms with Gasteiger partial charge in [-0.15, -0.1) is 0 Å². The second-order valence-electron chi connectivity index (χ2n) is 7.82. The van der Waals surface area contributed by atoms with Gasteiger partial charge in [-0.3, -0.25) is 0 Å². The Labute approximate surface area is 160 Å². The van der Waals surface area contributed by atoms with Crippen molar-refractivity contribution in [2.75, 3.05) is 0 Å². The van der Waals surface area contributed by atoms with Gasteiger partial charge in [0, 0.05) is 43.7 Å². The van der Waals surface area contributed by atoms with Crippen molar-refractivity contribution >= 4 is 0 Å². The van der Waals surface area contributed by atoms with E-state index in [1.165, 1.54) is 0 Å². The molecule has 3 aromatic rings. The van der Waals surface area contributed by atoms with Crippen LogP contribution in [-0.2, 0) is 12.8 Å². The highest BCUT2D eigenvalue weighted by atomic mass is 16.5. The van der Waals surface area contributed by atoms with Crippen LogP contribution in [0.5, 0.6) is 0 Å². The number of aromatic nitrogens is 3. The molecule has 0 radical (unpaired) electrons. The smallest absolute Gasteiger partial charge is 0.191 e. The van der Waals surface area contributed by atoms with E-state index in [4.69, 9.17) is 13.5 Å². The molecule has 0 N–H and O–H groups in total. The monoisotopic (exact) mass is 371 g/mol. The van der Waals surface area contributed by atoms with Crippen molar-refractivity contribution in [1.82, 2.24) is 15.3 Å². The molecule has 0 amide bonds. The molecule has 3 heterocycles. The van der Waals surface area contributed by atoms with Gasteiger partial charge in [0.1, 0.15) is 17.3 Å². The van der Waals surface area contributed by atoms with Gasteiger partial charge in [-0.05, 0) is 19.3 Å². The maximum Gasteiger partial charge on any atom is 0.191 e. The molecule has 0 aliphatic rings. The fraction of sp³-hybridized carbons (Fsp3) is 0.571. The molecule has 6 heteroatoms. The summed E-state index contributed by atoms with van der Waals surface area (Å²) in [5, 5.41) is 8.39. The molecule has 0 aliphatic heterocycles. The molecule has 2 atom stereocenters. The van der Waals surface area contributed by atoms with Crippen LogP contribution in [0, 0.1) is 13.8 Å². The van der Waals surface area contributed by atoms with Gasteiger partial charge in [0.25, 0.3) is 0 Å². The Morgan fingerprint density at radius 3 is 2.19 bits per heavy atom. The molecule has 6 nitrogen and oxygen atoms in total. The number of nitrogens with zero attached hydrogens (tertiary/aromatic N) is 3. The molecule has 0 spiro atoms. The molecule has 0 bridgehead atoms. The van der Waals surface area contributed by atoms with E-state index in [1.807, 2.05) is 13.8 Å². The van der Waals surface area contributed by atoms with E-state index in [9.17, 15) is 0 Å². The zero-order valence-corrected chi connectivity index (χ0v) is 17.1. The quantitative estimate of drug-likeness (QED) is 0.522. The summed E-state index contributed by atoms with van der Waals surface area (Å²) < 4.78 is 16.7. The number of hydrogen-bond acceptors (Lipinski definition) is 6. The van der Waals surface area contributed by atoms with Gasteiger partial charge >= 0.3 is 0 Å². The minimum absolute atomic E-state index is 0.200. The average molecular weight is 371 g/mol. The molecule has 27 heavy (non-hydrogen) atoms. The second-order valence-corrected chi connectivity index (χ2v) is 7.82. The van der Waals surface area contributed by atoms with Gasteiger partial charge in [-0.2, -0.15) is 0 Å². The van der Waals surface area contributed by atoms with E-state index in [-0.39, 0.29) is 5.92 Å². The Morgan fingerprint density at radius 1 is 0.889 bits per heavy atom. The van der Waals surface area contributed by atoms with Gasteiger partial charge in [0.15, 0.2) is 5.89 Å². The van der Waals surface area contributed by atoms with Crippen molar-refractivity contribution < 1.29 is 13.5 Å². The van der Waals surface area contributed by atoms with Crippen LogP contribution in [0.1, 0.15) is 92.1 Å². The maximum absolute atomic E-state index is 5.72. The van der Waals surface area contributed by atoms with Gasteiger partial charge < -0.3 is 13.5 Å². The Morgan fingerprint density at radius 2 is 1.56 bits per heavy atom. The van der Waals surface area contributed by atoms with E-state index < -0.39 is 0 Å². The Hall–Kier alpha value is -2.37. The summed E-state index contributed by atoms with van der Waals surface area (Å²) in [4.78, 5) is 4.35. The molecule has 0 aliphatic carbocycles. The van der Waals surface area contributed by atoms with Gasteiger partial charge in [-0.1, -0.05) is 38.0 Å². The van der Waals surface area contributed by atoms with E-state index >= 15 is 0 Å². The summed E-state index contributed by atoms with van der Waals surface area (Å²) in [7, 11) is 0. The van der Waals surface area contributed by atoms with Gasteiger partial charge in [-0.25, -0.2) is 4.98 Å². The Bertz CT molecular complexity index is 875. The second kappa shape index (κ2) is 8.11. The van der Waals surface area contributed by atoms with Crippen LogP contribution in [0.3, 0.4) is 0 Å². The van der Waals surface area contributed by atoms with Crippen molar-refractivity contribution in [3.63, 3.8) is 0 Å². The first-order valence-corrected chi connectivity index (χ1v) is 9.68. The van der Waals surface area contributed by atoms with Crippen LogP contribution in [0.4, 0.5) is 0 Å². The summed E-state index contributed by atoms with van der Waals surface area (Å²) in [6, 6.07) is 4.11. The zero-order valence-electron chi connectivity index (χ0n) is 17.1. The zero-order chi connectivity index (χ0) is 19.6. The van der Waals surface area contributed by atoms with Crippen molar-refractivity contribution in [3.05, 3.63) is 52.4 Å². The van der Waals surface area contributed by atoms with Gasteiger partial charge in [0.2, 0.25) is 0 Å². The first kappa shape index (κ1) is 19.4. The number of aryl methyl sites for hydroxylation is 3. The predicted molar refractivity (Wildman–Crippen MR) is 102 cm³/mol. The third-order valence-corrected chi connectivity index (χ3v) is 4.97. The number of hydrogen-bond donors (Lipinski definition) is 0. The molecule has 3 aromatic heterocycles. The molecular weight excluding hydrogens is 342 g/mol. The minimum Gasteiger partial charge on any atom is -0.445 e. The molecule has 3 rings (SSSR count). The Kier molecular flexibility index (Phi) is 5.82. The van der Waals surface area contributed by atoms with Crippen molar-refractivity contribution in [2.24, 2.45) is 0 Å². The fourth-order valence-corrected chi connectivity index (χ4v) is 3.28. The normalized spacial score (nSPS) is 14.0. The van der Waals surface area contributed by atoms with Crippen LogP contribution < -0.4 is 0 Å². The summed E-state index contributed by atoms with van der Waals surface area (Å²) in [5.41, 5.74) is 2.93. The molecule has 0 saturated heterocycles. The van der Waals surface area contributed by atoms with E-state index in [0.717, 1.165) is 53.6 Å². The highest BCUT2D eigenvalue weighted by molar-refractivity contribution is 5.17. The number of oxazole rings is 1.